The van der Waals surface area contributed by atoms with Crippen LogP contribution in [0.5, 0.6) is 0 Å². The van der Waals surface area contributed by atoms with Crippen molar-refractivity contribution >= 4 is 11.9 Å². The fourth-order valence-corrected chi connectivity index (χ4v) is 2.67. The largest absolute Gasteiger partial charge is 0.480 e. The SMILES string of the molecule is O=C(NC1(C(=O)O)CCC1)C1CCCCCCN1. The predicted octanol–water partition coefficient (Wildman–Crippen LogP) is 1.03. The molecular weight excluding hydrogens is 232 g/mol. The Kier molecular flexibility index (Phi) is 4.22. The molecule has 2 rings (SSSR count). The molecule has 0 aromatic carbocycles. The fraction of sp³-hybridized carbons (Fsp3) is 0.846. The van der Waals surface area contributed by atoms with Crippen LogP contribution >= 0.6 is 0 Å². The van der Waals surface area contributed by atoms with Crippen LogP contribution in [0.25, 0.3) is 0 Å². The number of carbonyl (C=O) groups is 2. The number of carbonyl (C=O) groups excluding carboxylic acids is 1. The van der Waals surface area contributed by atoms with Gasteiger partial charge < -0.3 is 15.7 Å². The monoisotopic (exact) mass is 254 g/mol. The Morgan fingerprint density at radius 3 is 2.44 bits per heavy atom. The van der Waals surface area contributed by atoms with E-state index in [4.69, 9.17) is 0 Å². The third-order valence-electron chi connectivity index (χ3n) is 4.11. The van der Waals surface area contributed by atoms with Gasteiger partial charge in [-0.1, -0.05) is 19.3 Å². The number of carboxylic acids is 1. The van der Waals surface area contributed by atoms with Crippen LogP contribution in [0, 0.1) is 0 Å². The third kappa shape index (κ3) is 2.83. The van der Waals surface area contributed by atoms with Gasteiger partial charge in [0.15, 0.2) is 0 Å². The molecule has 0 bridgehead atoms. The molecule has 2 aliphatic rings. The summed E-state index contributed by atoms with van der Waals surface area (Å²) in [5.41, 5.74) is -0.985. The minimum absolute atomic E-state index is 0.140. The highest BCUT2D eigenvalue weighted by Crippen LogP contribution is 2.32. The van der Waals surface area contributed by atoms with Gasteiger partial charge in [0.2, 0.25) is 5.91 Å². The maximum absolute atomic E-state index is 12.1. The van der Waals surface area contributed by atoms with Crippen LogP contribution in [-0.4, -0.2) is 35.1 Å². The van der Waals surface area contributed by atoms with Gasteiger partial charge in [-0.15, -0.1) is 0 Å². The van der Waals surface area contributed by atoms with Gasteiger partial charge in [-0.05, 0) is 38.6 Å². The van der Waals surface area contributed by atoms with E-state index in [1.807, 2.05) is 0 Å². The highest BCUT2D eigenvalue weighted by Gasteiger charge is 2.46. The van der Waals surface area contributed by atoms with Crippen LogP contribution in [0.1, 0.15) is 51.4 Å². The Morgan fingerprint density at radius 2 is 1.83 bits per heavy atom. The highest BCUT2D eigenvalue weighted by molar-refractivity contribution is 5.90. The first-order chi connectivity index (χ1) is 8.64. The molecule has 1 heterocycles. The summed E-state index contributed by atoms with van der Waals surface area (Å²) in [7, 11) is 0. The van der Waals surface area contributed by atoms with Crippen molar-refractivity contribution in [1.29, 1.82) is 0 Å². The van der Waals surface area contributed by atoms with Gasteiger partial charge in [-0.3, -0.25) is 4.79 Å². The van der Waals surface area contributed by atoms with Gasteiger partial charge in [0.1, 0.15) is 5.54 Å². The lowest BCUT2D eigenvalue weighted by atomic mass is 9.76. The number of nitrogens with one attached hydrogen (secondary N) is 2. The zero-order valence-electron chi connectivity index (χ0n) is 10.7. The summed E-state index contributed by atoms with van der Waals surface area (Å²) in [6, 6.07) is -0.220. The number of hydrogen-bond donors (Lipinski definition) is 3. The number of hydrogen-bond acceptors (Lipinski definition) is 3. The van der Waals surface area contributed by atoms with Gasteiger partial charge in [0.25, 0.3) is 0 Å². The van der Waals surface area contributed by atoms with Crippen LogP contribution in [-0.2, 0) is 9.59 Å². The standard InChI is InChI=1S/C13H22N2O3/c16-11(10-6-3-1-2-4-9-14-10)15-13(12(17)18)7-5-8-13/h10,14H,1-9H2,(H,15,16)(H,17,18). The lowest BCUT2D eigenvalue weighted by Gasteiger charge is -2.39. The summed E-state index contributed by atoms with van der Waals surface area (Å²) in [6.45, 7) is 0.845. The van der Waals surface area contributed by atoms with E-state index in [0.29, 0.717) is 12.8 Å². The molecule has 1 unspecified atom stereocenters. The van der Waals surface area contributed by atoms with Crippen molar-refractivity contribution in [2.75, 3.05) is 6.54 Å². The van der Waals surface area contributed by atoms with Crippen molar-refractivity contribution < 1.29 is 14.7 Å². The molecule has 18 heavy (non-hydrogen) atoms. The fourth-order valence-electron chi connectivity index (χ4n) is 2.67. The van der Waals surface area contributed by atoms with Gasteiger partial charge in [-0.2, -0.15) is 0 Å². The van der Waals surface area contributed by atoms with Crippen molar-refractivity contribution in [2.24, 2.45) is 0 Å². The maximum atomic E-state index is 12.1. The summed E-state index contributed by atoms with van der Waals surface area (Å²) < 4.78 is 0. The summed E-state index contributed by atoms with van der Waals surface area (Å²) >= 11 is 0. The number of carboxylic acid groups (broad SMARTS) is 1. The number of aliphatic carboxylic acids is 1. The zero-order valence-corrected chi connectivity index (χ0v) is 10.7. The van der Waals surface area contributed by atoms with Gasteiger partial charge in [-0.25, -0.2) is 4.79 Å². The molecule has 1 aliphatic heterocycles. The molecule has 1 atom stereocenters. The normalized spacial score (nSPS) is 27.4. The summed E-state index contributed by atoms with van der Waals surface area (Å²) in [6.07, 6.45) is 7.29. The summed E-state index contributed by atoms with van der Waals surface area (Å²) in [5.74, 6) is -1.04. The molecule has 3 N–H and O–H groups in total. The average molecular weight is 254 g/mol. The van der Waals surface area contributed by atoms with Crippen molar-refractivity contribution in [1.82, 2.24) is 10.6 Å². The van der Waals surface area contributed by atoms with Crippen LogP contribution in [0.3, 0.4) is 0 Å². The van der Waals surface area contributed by atoms with E-state index in [0.717, 1.165) is 38.6 Å². The molecule has 0 aromatic rings. The molecule has 1 amide bonds. The molecule has 5 nitrogen and oxygen atoms in total. The van der Waals surface area contributed by atoms with E-state index in [2.05, 4.69) is 10.6 Å². The summed E-state index contributed by atoms with van der Waals surface area (Å²) in [5, 5.41) is 15.2. The molecule has 1 saturated carbocycles. The van der Waals surface area contributed by atoms with E-state index in [9.17, 15) is 14.7 Å². The molecule has 1 saturated heterocycles. The summed E-state index contributed by atoms with van der Waals surface area (Å²) in [4.78, 5) is 23.3. The number of rotatable bonds is 3. The van der Waals surface area contributed by atoms with Gasteiger partial charge >= 0.3 is 5.97 Å². The smallest absolute Gasteiger partial charge is 0.329 e. The Bertz CT molecular complexity index is 318. The van der Waals surface area contributed by atoms with Crippen molar-refractivity contribution in [2.45, 2.75) is 62.9 Å². The van der Waals surface area contributed by atoms with Crippen LogP contribution in [0.4, 0.5) is 0 Å². The first-order valence-electron chi connectivity index (χ1n) is 6.93. The maximum Gasteiger partial charge on any atom is 0.329 e. The lowest BCUT2D eigenvalue weighted by molar-refractivity contribution is -0.152. The first-order valence-corrected chi connectivity index (χ1v) is 6.93. The van der Waals surface area contributed by atoms with E-state index in [1.54, 1.807) is 0 Å². The Morgan fingerprint density at radius 1 is 1.11 bits per heavy atom. The van der Waals surface area contributed by atoms with E-state index in [-0.39, 0.29) is 11.9 Å². The second-order valence-corrected chi connectivity index (χ2v) is 5.44. The molecule has 1 aliphatic carbocycles. The Balaban J connectivity index is 1.91. The second kappa shape index (κ2) is 5.69. The Hall–Kier alpha value is -1.10. The number of amides is 1. The van der Waals surface area contributed by atoms with Crippen molar-refractivity contribution in [3.8, 4) is 0 Å². The van der Waals surface area contributed by atoms with Crippen molar-refractivity contribution in [3.63, 3.8) is 0 Å². The van der Waals surface area contributed by atoms with Gasteiger partial charge in [0, 0.05) is 0 Å². The van der Waals surface area contributed by atoms with Crippen molar-refractivity contribution in [3.05, 3.63) is 0 Å². The van der Waals surface area contributed by atoms with E-state index < -0.39 is 11.5 Å². The Labute approximate surface area is 107 Å². The third-order valence-corrected chi connectivity index (χ3v) is 4.11. The minimum Gasteiger partial charge on any atom is -0.480 e. The molecule has 5 heteroatoms. The first kappa shape index (κ1) is 13.3. The molecule has 0 spiro atoms. The zero-order chi connectivity index (χ0) is 13.0. The van der Waals surface area contributed by atoms with Crippen LogP contribution < -0.4 is 10.6 Å². The molecule has 0 radical (unpaired) electrons. The van der Waals surface area contributed by atoms with E-state index >= 15 is 0 Å². The molecule has 2 fully saturated rings. The average Bonchev–Trinajstić information content (AvgIpc) is 2.21. The van der Waals surface area contributed by atoms with Crippen LogP contribution in [0.15, 0.2) is 0 Å². The topological polar surface area (TPSA) is 78.4 Å². The molecule has 102 valence electrons. The minimum atomic E-state index is -0.985. The quantitative estimate of drug-likeness (QED) is 0.703. The molecule has 0 aromatic heterocycles. The predicted molar refractivity (Wildman–Crippen MR) is 67.2 cm³/mol. The lowest BCUT2D eigenvalue weighted by Crippen LogP contribution is -2.62. The van der Waals surface area contributed by atoms with Crippen LogP contribution in [0.2, 0.25) is 0 Å². The van der Waals surface area contributed by atoms with E-state index in [1.165, 1.54) is 6.42 Å². The highest BCUT2D eigenvalue weighted by atomic mass is 16.4. The van der Waals surface area contributed by atoms with Gasteiger partial charge in [0.05, 0.1) is 6.04 Å². The second-order valence-electron chi connectivity index (χ2n) is 5.44. The molecular formula is C13H22N2O3.